The quantitative estimate of drug-likeness (QED) is 0.181. The first kappa shape index (κ1) is 28.1. The zero-order valence-corrected chi connectivity index (χ0v) is 24.2. The van der Waals surface area contributed by atoms with Crippen LogP contribution in [0.5, 0.6) is 11.8 Å². The first-order valence-corrected chi connectivity index (χ1v) is 15.1. The topological polar surface area (TPSA) is 73.8 Å². The minimum atomic E-state index is -1.03. The van der Waals surface area contributed by atoms with Gasteiger partial charge in [0.2, 0.25) is 0 Å². The van der Waals surface area contributed by atoms with E-state index in [9.17, 15) is 13.9 Å². The number of nitrogens with zero attached hydrogens (tertiary/aromatic N) is 4. The Bertz CT molecular complexity index is 1950. The molecule has 8 rings (SSSR count). The minimum Gasteiger partial charge on any atom is -0.508 e. The summed E-state index contributed by atoms with van der Waals surface area (Å²) in [6, 6.07) is 6.18. The number of anilines is 1. The van der Waals surface area contributed by atoms with E-state index in [-0.39, 0.29) is 57.9 Å². The van der Waals surface area contributed by atoms with Crippen molar-refractivity contribution in [2.75, 3.05) is 37.7 Å². The normalized spacial score (nSPS) is 25.8. The molecule has 1 aromatic heterocycles. The zero-order valence-electron chi connectivity index (χ0n) is 24.2. The first-order valence-electron chi connectivity index (χ1n) is 15.1. The monoisotopic (exact) mass is 615 g/mol. The standard InChI is InChI=1S/C34H29F4N5O2/c1-2-23-26(36)7-4-18-10-22(44)11-24(28(18)23)29-27(37)12-25-31(30(29)38)40-33(41-32(25)42-15-20-5-6-21(16-42)39-20)45-17-34-8-3-9-43(34)14-19(35)13-34/h1,4-7,10-12,19-21,39,44H,3,8-9,13-17H2. The van der Waals surface area contributed by atoms with Crippen LogP contribution in [0.15, 0.2) is 42.5 Å². The van der Waals surface area contributed by atoms with Gasteiger partial charge in [0.05, 0.1) is 16.7 Å². The van der Waals surface area contributed by atoms with Gasteiger partial charge >= 0.3 is 6.01 Å². The van der Waals surface area contributed by atoms with Gasteiger partial charge < -0.3 is 20.1 Å². The number of fused-ring (bicyclic) bond motifs is 5. The average molecular weight is 616 g/mol. The van der Waals surface area contributed by atoms with Crippen LogP contribution >= 0.6 is 0 Å². The summed E-state index contributed by atoms with van der Waals surface area (Å²) in [6.45, 7) is 2.27. The second kappa shape index (κ2) is 10.3. The van der Waals surface area contributed by atoms with Gasteiger partial charge in [0.25, 0.3) is 0 Å². The molecule has 11 heteroatoms. The van der Waals surface area contributed by atoms with E-state index in [2.05, 4.69) is 38.3 Å². The minimum absolute atomic E-state index is 0.0359. The number of alkyl halides is 1. The zero-order chi connectivity index (χ0) is 31.0. The molecule has 45 heavy (non-hydrogen) atoms. The van der Waals surface area contributed by atoms with Gasteiger partial charge in [0, 0.05) is 54.5 Å². The summed E-state index contributed by atoms with van der Waals surface area (Å²) in [5, 5.41) is 14.5. The predicted octanol–water partition coefficient (Wildman–Crippen LogP) is 5.23. The van der Waals surface area contributed by atoms with Gasteiger partial charge in [-0.2, -0.15) is 9.97 Å². The van der Waals surface area contributed by atoms with E-state index in [0.29, 0.717) is 37.3 Å². The molecule has 3 fully saturated rings. The molecule has 4 aromatic rings. The molecule has 0 saturated carbocycles. The van der Waals surface area contributed by atoms with E-state index in [1.807, 2.05) is 4.90 Å². The summed E-state index contributed by atoms with van der Waals surface area (Å²) in [5.41, 5.74) is -1.49. The predicted molar refractivity (Wildman–Crippen MR) is 163 cm³/mol. The molecule has 4 aliphatic heterocycles. The van der Waals surface area contributed by atoms with Crippen molar-refractivity contribution in [1.82, 2.24) is 20.2 Å². The van der Waals surface area contributed by atoms with E-state index in [1.165, 1.54) is 12.1 Å². The van der Waals surface area contributed by atoms with Gasteiger partial charge in [-0.1, -0.05) is 24.1 Å². The molecule has 2 bridgehead atoms. The fraction of sp³-hybridized carbons (Fsp3) is 0.353. The third-order valence-corrected chi connectivity index (χ3v) is 9.68. The summed E-state index contributed by atoms with van der Waals surface area (Å²) in [7, 11) is 0. The number of nitrogens with one attached hydrogen (secondary N) is 1. The molecular weight excluding hydrogens is 586 g/mol. The van der Waals surface area contributed by atoms with Crippen molar-refractivity contribution in [1.29, 1.82) is 0 Å². The number of aromatic nitrogens is 2. The number of phenols is 1. The maximum Gasteiger partial charge on any atom is 0.319 e. The molecule has 4 atom stereocenters. The lowest BCUT2D eigenvalue weighted by Gasteiger charge is -2.35. The fourth-order valence-corrected chi connectivity index (χ4v) is 7.73. The molecule has 4 aliphatic rings. The summed E-state index contributed by atoms with van der Waals surface area (Å²) >= 11 is 0. The van der Waals surface area contributed by atoms with Crippen LogP contribution in [-0.2, 0) is 0 Å². The Morgan fingerprint density at radius 3 is 2.64 bits per heavy atom. The third-order valence-electron chi connectivity index (χ3n) is 9.68. The Kier molecular flexibility index (Phi) is 6.45. The Balaban J connectivity index is 1.30. The maximum absolute atomic E-state index is 16.8. The third kappa shape index (κ3) is 4.50. The molecule has 230 valence electrons. The molecule has 3 saturated heterocycles. The SMILES string of the molecule is C#Cc1c(F)ccc2cc(O)cc(-c3c(F)cc4c(N5CC6C=CC(C5)N6)nc(OCC56CCCN5CC(F)C6)nc4c3F)c12. The lowest BCUT2D eigenvalue weighted by atomic mass is 9.92. The van der Waals surface area contributed by atoms with Gasteiger partial charge in [0.1, 0.15) is 41.5 Å². The summed E-state index contributed by atoms with van der Waals surface area (Å²) < 4.78 is 68.4. The molecule has 0 spiro atoms. The Morgan fingerprint density at radius 1 is 1.07 bits per heavy atom. The molecule has 3 aromatic carbocycles. The van der Waals surface area contributed by atoms with Crippen LogP contribution in [0.3, 0.4) is 0 Å². The van der Waals surface area contributed by atoms with Crippen molar-refractivity contribution in [3.8, 4) is 35.2 Å². The van der Waals surface area contributed by atoms with Gasteiger partial charge in [-0.25, -0.2) is 17.6 Å². The van der Waals surface area contributed by atoms with Crippen LogP contribution in [0, 0.1) is 29.8 Å². The second-order valence-electron chi connectivity index (χ2n) is 12.5. The lowest BCUT2D eigenvalue weighted by molar-refractivity contribution is 0.107. The molecule has 7 nitrogen and oxygen atoms in total. The summed E-state index contributed by atoms with van der Waals surface area (Å²) in [6.07, 6.45) is 10.8. The number of rotatable bonds is 5. The van der Waals surface area contributed by atoms with Crippen LogP contribution in [0.1, 0.15) is 24.8 Å². The van der Waals surface area contributed by atoms with E-state index in [1.54, 1.807) is 0 Å². The number of halogens is 4. The Hall–Kier alpha value is -4.40. The molecule has 0 amide bonds. The van der Waals surface area contributed by atoms with Crippen molar-refractivity contribution in [3.63, 3.8) is 0 Å². The highest BCUT2D eigenvalue weighted by molar-refractivity contribution is 6.04. The number of phenolic OH excluding ortho intramolecular Hbond substituents is 1. The smallest absolute Gasteiger partial charge is 0.319 e. The number of benzene rings is 3. The molecular formula is C34H29F4N5O2. The lowest BCUT2D eigenvalue weighted by Crippen LogP contribution is -2.52. The van der Waals surface area contributed by atoms with E-state index < -0.39 is 34.7 Å². The number of piperazine rings is 1. The number of hydrogen-bond donors (Lipinski definition) is 2. The van der Waals surface area contributed by atoms with Gasteiger partial charge in [-0.3, -0.25) is 4.90 Å². The van der Waals surface area contributed by atoms with Crippen molar-refractivity contribution >= 4 is 27.5 Å². The van der Waals surface area contributed by atoms with E-state index in [0.717, 1.165) is 37.6 Å². The summed E-state index contributed by atoms with van der Waals surface area (Å²) in [5.74, 6) is -0.385. The van der Waals surface area contributed by atoms with Crippen molar-refractivity contribution in [3.05, 3.63) is 65.5 Å². The molecule has 2 N–H and O–H groups in total. The number of aromatic hydroxyl groups is 1. The van der Waals surface area contributed by atoms with Crippen molar-refractivity contribution in [2.45, 2.75) is 43.1 Å². The van der Waals surface area contributed by atoms with Crippen molar-refractivity contribution in [2.24, 2.45) is 0 Å². The van der Waals surface area contributed by atoms with Gasteiger partial charge in [0.15, 0.2) is 5.82 Å². The van der Waals surface area contributed by atoms with Crippen LogP contribution in [-0.4, -0.2) is 76.6 Å². The summed E-state index contributed by atoms with van der Waals surface area (Å²) in [4.78, 5) is 13.2. The van der Waals surface area contributed by atoms with Gasteiger partial charge in [-0.15, -0.1) is 6.42 Å². The molecule has 4 unspecified atom stereocenters. The average Bonchev–Trinajstić information content (AvgIpc) is 3.66. The molecule has 0 aliphatic carbocycles. The number of ether oxygens (including phenoxy) is 1. The van der Waals surface area contributed by atoms with Gasteiger partial charge in [-0.05, 0) is 49.0 Å². The Morgan fingerprint density at radius 2 is 1.87 bits per heavy atom. The highest BCUT2D eigenvalue weighted by Gasteiger charge is 2.49. The van der Waals surface area contributed by atoms with Crippen LogP contribution in [0.2, 0.25) is 0 Å². The highest BCUT2D eigenvalue weighted by atomic mass is 19.1. The van der Waals surface area contributed by atoms with E-state index in [4.69, 9.17) is 11.2 Å². The second-order valence-corrected chi connectivity index (χ2v) is 12.5. The maximum atomic E-state index is 16.8. The van der Waals surface area contributed by atoms with Crippen LogP contribution in [0.25, 0.3) is 32.8 Å². The number of hydrogen-bond acceptors (Lipinski definition) is 7. The molecule has 5 heterocycles. The Labute approximate surface area is 256 Å². The molecule has 0 radical (unpaired) electrons. The van der Waals surface area contributed by atoms with E-state index >= 15 is 8.78 Å². The van der Waals surface area contributed by atoms with Crippen molar-refractivity contribution < 1.29 is 27.4 Å². The van der Waals surface area contributed by atoms with Crippen LogP contribution < -0.4 is 15.0 Å². The van der Waals surface area contributed by atoms with Crippen LogP contribution in [0.4, 0.5) is 23.4 Å². The number of terminal acetylenes is 1. The first-order chi connectivity index (χ1) is 21.7. The fourth-order valence-electron chi connectivity index (χ4n) is 7.73. The highest BCUT2D eigenvalue weighted by Crippen LogP contribution is 2.43. The largest absolute Gasteiger partial charge is 0.508 e.